The van der Waals surface area contributed by atoms with E-state index in [1.807, 2.05) is 18.3 Å². The molecule has 0 aliphatic rings. The molecular weight excluding hydrogens is 315 g/mol. The van der Waals surface area contributed by atoms with E-state index in [0.717, 1.165) is 17.1 Å². The molecule has 0 saturated heterocycles. The summed E-state index contributed by atoms with van der Waals surface area (Å²) in [6.07, 6.45) is 2.53. The Labute approximate surface area is 140 Å². The molecule has 0 bridgehead atoms. The highest BCUT2D eigenvalue weighted by Gasteiger charge is 2.09. The van der Waals surface area contributed by atoms with E-state index in [2.05, 4.69) is 42.0 Å². The first-order valence-corrected chi connectivity index (χ1v) is 7.84. The summed E-state index contributed by atoms with van der Waals surface area (Å²) < 4.78 is 0. The van der Waals surface area contributed by atoms with Crippen LogP contribution in [-0.4, -0.2) is 9.97 Å². The van der Waals surface area contributed by atoms with E-state index in [4.69, 9.17) is 23.2 Å². The predicted molar refractivity (Wildman–Crippen MR) is 92.8 cm³/mol. The van der Waals surface area contributed by atoms with E-state index in [1.165, 1.54) is 16.7 Å². The van der Waals surface area contributed by atoms with Crippen molar-refractivity contribution < 1.29 is 0 Å². The Bertz CT molecular complexity index is 822. The maximum atomic E-state index is 6.22. The number of aromatic amines is 1. The predicted octanol–water partition coefficient (Wildman–Crippen LogP) is 5.59. The molecular formula is C18H16Cl2N2. The maximum Gasteiger partial charge on any atom is 0.110 e. The van der Waals surface area contributed by atoms with Gasteiger partial charge in [0.05, 0.1) is 11.9 Å². The van der Waals surface area contributed by atoms with Crippen molar-refractivity contribution in [2.45, 2.75) is 20.3 Å². The molecule has 22 heavy (non-hydrogen) atoms. The van der Waals surface area contributed by atoms with Crippen LogP contribution in [0.1, 0.15) is 22.5 Å². The van der Waals surface area contributed by atoms with Crippen LogP contribution in [0.25, 0.3) is 11.3 Å². The topological polar surface area (TPSA) is 28.7 Å². The van der Waals surface area contributed by atoms with Gasteiger partial charge in [-0.25, -0.2) is 4.98 Å². The van der Waals surface area contributed by atoms with Gasteiger partial charge in [-0.2, -0.15) is 0 Å². The van der Waals surface area contributed by atoms with E-state index in [0.29, 0.717) is 16.5 Å². The summed E-state index contributed by atoms with van der Waals surface area (Å²) in [5.74, 6) is 0.888. The van der Waals surface area contributed by atoms with Gasteiger partial charge in [-0.05, 0) is 37.1 Å². The highest BCUT2D eigenvalue weighted by molar-refractivity contribution is 6.35. The van der Waals surface area contributed by atoms with Crippen LogP contribution < -0.4 is 0 Å². The fourth-order valence-electron chi connectivity index (χ4n) is 2.55. The van der Waals surface area contributed by atoms with Crippen molar-refractivity contribution >= 4 is 23.2 Å². The third-order valence-electron chi connectivity index (χ3n) is 3.67. The smallest absolute Gasteiger partial charge is 0.110 e. The van der Waals surface area contributed by atoms with Gasteiger partial charge in [0.15, 0.2) is 0 Å². The standard InChI is InChI=1S/C18H16Cl2N2/c1-11-3-6-15(12(2)7-11)17-10-21-18(22-17)8-13-4-5-14(19)9-16(13)20/h3-7,9-10H,8H2,1-2H3,(H,21,22). The molecule has 0 spiro atoms. The summed E-state index contributed by atoms with van der Waals surface area (Å²) in [4.78, 5) is 7.85. The SMILES string of the molecule is Cc1ccc(-c2cnc(Cc3ccc(Cl)cc3Cl)[nH]2)c(C)c1. The molecule has 1 N–H and O–H groups in total. The third-order valence-corrected chi connectivity index (χ3v) is 4.26. The second-order valence-electron chi connectivity index (χ2n) is 5.47. The molecule has 1 aromatic heterocycles. The lowest BCUT2D eigenvalue weighted by molar-refractivity contribution is 1.03. The number of benzene rings is 2. The van der Waals surface area contributed by atoms with Crippen LogP contribution in [0, 0.1) is 13.8 Å². The molecule has 0 aliphatic heterocycles. The fourth-order valence-corrected chi connectivity index (χ4v) is 3.03. The quantitative estimate of drug-likeness (QED) is 0.666. The van der Waals surface area contributed by atoms with E-state index >= 15 is 0 Å². The van der Waals surface area contributed by atoms with Gasteiger partial charge in [0.2, 0.25) is 0 Å². The summed E-state index contributed by atoms with van der Waals surface area (Å²) in [7, 11) is 0. The summed E-state index contributed by atoms with van der Waals surface area (Å²) in [5.41, 5.74) is 5.70. The van der Waals surface area contributed by atoms with Gasteiger partial charge in [-0.15, -0.1) is 0 Å². The largest absolute Gasteiger partial charge is 0.342 e. The highest BCUT2D eigenvalue weighted by atomic mass is 35.5. The first-order chi connectivity index (χ1) is 10.5. The molecule has 1 heterocycles. The van der Waals surface area contributed by atoms with Crippen LogP contribution in [0.15, 0.2) is 42.6 Å². The van der Waals surface area contributed by atoms with Gasteiger partial charge in [-0.3, -0.25) is 0 Å². The molecule has 0 amide bonds. The van der Waals surface area contributed by atoms with Crippen LogP contribution in [0.5, 0.6) is 0 Å². The number of halogens is 2. The molecule has 112 valence electrons. The van der Waals surface area contributed by atoms with E-state index < -0.39 is 0 Å². The summed E-state index contributed by atoms with van der Waals surface area (Å²) in [6, 6.07) is 11.9. The Balaban J connectivity index is 1.87. The van der Waals surface area contributed by atoms with Crippen molar-refractivity contribution in [3.05, 3.63) is 75.2 Å². The Morgan fingerprint density at radius 1 is 1.05 bits per heavy atom. The number of hydrogen-bond acceptors (Lipinski definition) is 1. The molecule has 0 unspecified atom stereocenters. The maximum absolute atomic E-state index is 6.22. The minimum atomic E-state index is 0.643. The number of rotatable bonds is 3. The Kier molecular flexibility index (Phi) is 4.23. The zero-order valence-corrected chi connectivity index (χ0v) is 14.0. The minimum Gasteiger partial charge on any atom is -0.342 e. The highest BCUT2D eigenvalue weighted by Crippen LogP contribution is 2.25. The molecule has 0 radical (unpaired) electrons. The molecule has 3 rings (SSSR count). The number of nitrogens with one attached hydrogen (secondary N) is 1. The first-order valence-electron chi connectivity index (χ1n) is 7.08. The Morgan fingerprint density at radius 2 is 1.86 bits per heavy atom. The average Bonchev–Trinajstić information content (AvgIpc) is 2.90. The van der Waals surface area contributed by atoms with Gasteiger partial charge in [0, 0.05) is 22.0 Å². The first kappa shape index (κ1) is 15.1. The summed E-state index contributed by atoms with van der Waals surface area (Å²) >= 11 is 12.1. The minimum absolute atomic E-state index is 0.643. The normalized spacial score (nSPS) is 10.9. The van der Waals surface area contributed by atoms with Gasteiger partial charge in [0.1, 0.15) is 5.82 Å². The molecule has 0 aliphatic carbocycles. The average molecular weight is 331 g/mol. The molecule has 0 atom stereocenters. The van der Waals surface area contributed by atoms with Crippen LogP contribution in [0.2, 0.25) is 10.0 Å². The Hall–Kier alpha value is -1.77. The molecule has 2 aromatic carbocycles. The number of hydrogen-bond donors (Lipinski definition) is 1. The number of nitrogens with zero attached hydrogens (tertiary/aromatic N) is 1. The number of aryl methyl sites for hydroxylation is 2. The van der Waals surface area contributed by atoms with Gasteiger partial charge >= 0.3 is 0 Å². The van der Waals surface area contributed by atoms with Crippen LogP contribution >= 0.6 is 23.2 Å². The van der Waals surface area contributed by atoms with Crippen molar-refractivity contribution in [2.24, 2.45) is 0 Å². The molecule has 3 aromatic rings. The van der Waals surface area contributed by atoms with Crippen molar-refractivity contribution in [3.8, 4) is 11.3 Å². The number of H-pyrrole nitrogens is 1. The zero-order valence-electron chi connectivity index (χ0n) is 12.5. The molecule has 2 nitrogen and oxygen atoms in total. The second kappa shape index (κ2) is 6.15. The third kappa shape index (κ3) is 3.18. The fraction of sp³-hybridized carbons (Fsp3) is 0.167. The van der Waals surface area contributed by atoms with E-state index in [-0.39, 0.29) is 0 Å². The number of imidazole rings is 1. The van der Waals surface area contributed by atoms with Crippen molar-refractivity contribution in [2.75, 3.05) is 0 Å². The summed E-state index contributed by atoms with van der Waals surface area (Å²) in [5, 5.41) is 1.31. The summed E-state index contributed by atoms with van der Waals surface area (Å²) in [6.45, 7) is 4.20. The lowest BCUT2D eigenvalue weighted by atomic mass is 10.0. The molecule has 4 heteroatoms. The van der Waals surface area contributed by atoms with E-state index in [1.54, 1.807) is 6.07 Å². The van der Waals surface area contributed by atoms with Gasteiger partial charge in [0.25, 0.3) is 0 Å². The van der Waals surface area contributed by atoms with Crippen molar-refractivity contribution in [3.63, 3.8) is 0 Å². The van der Waals surface area contributed by atoms with Gasteiger partial charge < -0.3 is 4.98 Å². The van der Waals surface area contributed by atoms with Crippen LogP contribution in [-0.2, 0) is 6.42 Å². The Morgan fingerprint density at radius 3 is 2.59 bits per heavy atom. The molecule has 0 fully saturated rings. The lowest BCUT2D eigenvalue weighted by Crippen LogP contribution is -1.92. The molecule has 0 saturated carbocycles. The zero-order chi connectivity index (χ0) is 15.7. The van der Waals surface area contributed by atoms with Crippen molar-refractivity contribution in [1.29, 1.82) is 0 Å². The van der Waals surface area contributed by atoms with Crippen LogP contribution in [0.3, 0.4) is 0 Å². The van der Waals surface area contributed by atoms with Crippen molar-refractivity contribution in [1.82, 2.24) is 9.97 Å². The lowest BCUT2D eigenvalue weighted by Gasteiger charge is -2.05. The monoisotopic (exact) mass is 330 g/mol. The van der Waals surface area contributed by atoms with Gasteiger partial charge in [-0.1, -0.05) is 53.0 Å². The van der Waals surface area contributed by atoms with E-state index in [9.17, 15) is 0 Å². The van der Waals surface area contributed by atoms with Crippen LogP contribution in [0.4, 0.5) is 0 Å². The number of aromatic nitrogens is 2. The second-order valence-corrected chi connectivity index (χ2v) is 6.32.